The van der Waals surface area contributed by atoms with Gasteiger partial charge >= 0.3 is 0 Å². The third-order valence-electron chi connectivity index (χ3n) is 4.16. The number of halogens is 2. The predicted octanol–water partition coefficient (Wildman–Crippen LogP) is 3.15. The molecule has 3 rings (SSSR count). The first-order valence-corrected chi connectivity index (χ1v) is 7.75. The summed E-state index contributed by atoms with van der Waals surface area (Å²) < 4.78 is 33.5. The van der Waals surface area contributed by atoms with Crippen LogP contribution in [0.3, 0.4) is 0 Å². The van der Waals surface area contributed by atoms with Crippen LogP contribution >= 0.6 is 0 Å². The van der Waals surface area contributed by atoms with Crippen molar-refractivity contribution in [3.05, 3.63) is 65.5 Å². The lowest BCUT2D eigenvalue weighted by Crippen LogP contribution is -2.37. The van der Waals surface area contributed by atoms with Crippen LogP contribution < -0.4 is 15.8 Å². The molecule has 0 saturated carbocycles. The molecule has 6 heteroatoms. The Balaban J connectivity index is 1.80. The highest BCUT2D eigenvalue weighted by Crippen LogP contribution is 2.35. The number of carbonyl (C=O) groups is 1. The molecule has 2 aromatic carbocycles. The summed E-state index contributed by atoms with van der Waals surface area (Å²) in [4.78, 5) is 11.3. The van der Waals surface area contributed by atoms with Gasteiger partial charge in [-0.1, -0.05) is 30.3 Å². The van der Waals surface area contributed by atoms with Gasteiger partial charge in [0.05, 0.1) is 11.6 Å². The normalized spacial score (nSPS) is 21.4. The van der Waals surface area contributed by atoms with Crippen molar-refractivity contribution >= 4 is 5.91 Å². The zero-order chi connectivity index (χ0) is 17.1. The summed E-state index contributed by atoms with van der Waals surface area (Å²) in [5.74, 6) is -0.753. The van der Waals surface area contributed by atoms with Crippen molar-refractivity contribution in [3.63, 3.8) is 0 Å². The fourth-order valence-corrected chi connectivity index (χ4v) is 2.92. The Morgan fingerprint density at radius 3 is 2.58 bits per heavy atom. The van der Waals surface area contributed by atoms with Crippen molar-refractivity contribution in [2.45, 2.75) is 31.3 Å². The van der Waals surface area contributed by atoms with Gasteiger partial charge in [0.1, 0.15) is 11.6 Å². The van der Waals surface area contributed by atoms with Crippen LogP contribution in [0.4, 0.5) is 8.78 Å². The van der Waals surface area contributed by atoms with Crippen LogP contribution in [0.5, 0.6) is 5.75 Å². The average Bonchev–Trinajstić information content (AvgIpc) is 3.06. The molecule has 1 unspecified atom stereocenters. The summed E-state index contributed by atoms with van der Waals surface area (Å²) >= 11 is 0. The van der Waals surface area contributed by atoms with E-state index in [0.717, 1.165) is 5.56 Å². The highest BCUT2D eigenvalue weighted by Gasteiger charge is 2.30. The minimum atomic E-state index is -1.92. The van der Waals surface area contributed by atoms with Crippen molar-refractivity contribution in [1.29, 1.82) is 0 Å². The number of alkyl halides is 1. The molecule has 1 amide bonds. The molecule has 4 nitrogen and oxygen atoms in total. The first-order chi connectivity index (χ1) is 11.6. The molecular formula is C18H18F2N2O2. The highest BCUT2D eigenvalue weighted by molar-refractivity contribution is 5.80. The van der Waals surface area contributed by atoms with E-state index in [9.17, 15) is 13.6 Å². The van der Waals surface area contributed by atoms with Crippen LogP contribution in [-0.4, -0.2) is 11.9 Å². The number of ether oxygens (including phenoxy) is 1. The van der Waals surface area contributed by atoms with Crippen molar-refractivity contribution in [1.82, 2.24) is 5.32 Å². The van der Waals surface area contributed by atoms with Gasteiger partial charge in [0.25, 0.3) is 6.36 Å². The first kappa shape index (κ1) is 16.4. The van der Waals surface area contributed by atoms with E-state index in [4.69, 9.17) is 10.5 Å². The third kappa shape index (κ3) is 3.38. The summed E-state index contributed by atoms with van der Waals surface area (Å²) in [7, 11) is 0. The van der Waals surface area contributed by atoms with E-state index in [0.29, 0.717) is 18.6 Å². The van der Waals surface area contributed by atoms with Crippen LogP contribution in [0.2, 0.25) is 0 Å². The number of benzene rings is 2. The van der Waals surface area contributed by atoms with Gasteiger partial charge < -0.3 is 10.5 Å². The standard InChI is InChI=1S/C18H18F2N2O2/c19-13-7-3-1-5-11(13)17(20)24-16-8-4-2-6-12(16)14-9-10-15(22-14)18(21)23/h1-8,14-15,17,22H,9-10H2,(H2,21,23)/t14-,15+,17?/m1/s1. The monoisotopic (exact) mass is 332 g/mol. The molecule has 0 radical (unpaired) electrons. The van der Waals surface area contributed by atoms with Gasteiger partial charge in [-0.3, -0.25) is 10.1 Å². The van der Waals surface area contributed by atoms with Crippen LogP contribution in [0.15, 0.2) is 48.5 Å². The molecule has 3 N–H and O–H groups in total. The van der Waals surface area contributed by atoms with Crippen LogP contribution in [0.25, 0.3) is 0 Å². The van der Waals surface area contributed by atoms with Crippen LogP contribution in [-0.2, 0) is 4.79 Å². The van der Waals surface area contributed by atoms with Crippen LogP contribution in [0.1, 0.15) is 36.4 Å². The second-order valence-corrected chi connectivity index (χ2v) is 5.74. The Bertz CT molecular complexity index is 738. The number of primary amides is 1. The van der Waals surface area contributed by atoms with E-state index in [1.54, 1.807) is 30.3 Å². The number of hydrogen-bond acceptors (Lipinski definition) is 3. The molecule has 0 spiro atoms. The molecule has 1 heterocycles. The highest BCUT2D eigenvalue weighted by atomic mass is 19.2. The molecule has 2 aromatic rings. The second-order valence-electron chi connectivity index (χ2n) is 5.74. The van der Waals surface area contributed by atoms with Crippen molar-refractivity contribution in [2.24, 2.45) is 5.73 Å². The molecule has 24 heavy (non-hydrogen) atoms. The van der Waals surface area contributed by atoms with Gasteiger partial charge in [0, 0.05) is 11.6 Å². The van der Waals surface area contributed by atoms with E-state index in [1.165, 1.54) is 18.2 Å². The zero-order valence-corrected chi connectivity index (χ0v) is 12.9. The van der Waals surface area contributed by atoms with Gasteiger partial charge in [0.2, 0.25) is 5.91 Å². The molecule has 1 saturated heterocycles. The molecule has 1 aliphatic rings. The first-order valence-electron chi connectivity index (χ1n) is 7.75. The number of carbonyl (C=O) groups excluding carboxylic acids is 1. The minimum absolute atomic E-state index is 0.151. The molecule has 3 atom stereocenters. The SMILES string of the molecule is NC(=O)[C@@H]1CC[C@H](c2ccccc2OC(F)c2ccccc2F)N1. The fourth-order valence-electron chi connectivity index (χ4n) is 2.92. The maximum absolute atomic E-state index is 14.4. The molecule has 126 valence electrons. The average molecular weight is 332 g/mol. The Morgan fingerprint density at radius 2 is 1.88 bits per heavy atom. The molecule has 0 bridgehead atoms. The number of hydrogen-bond donors (Lipinski definition) is 2. The predicted molar refractivity (Wildman–Crippen MR) is 85.4 cm³/mol. The maximum atomic E-state index is 14.4. The largest absolute Gasteiger partial charge is 0.456 e. The summed E-state index contributed by atoms with van der Waals surface area (Å²) in [5, 5.41) is 3.12. The lowest BCUT2D eigenvalue weighted by atomic mass is 10.0. The Morgan fingerprint density at radius 1 is 1.17 bits per heavy atom. The molecule has 1 fully saturated rings. The van der Waals surface area contributed by atoms with E-state index >= 15 is 0 Å². The fraction of sp³-hybridized carbons (Fsp3) is 0.278. The van der Waals surface area contributed by atoms with Gasteiger partial charge in [-0.05, 0) is 31.0 Å². The Hall–Kier alpha value is -2.47. The number of rotatable bonds is 5. The summed E-state index contributed by atoms with van der Waals surface area (Å²) in [6.07, 6.45) is -0.619. The number of amides is 1. The van der Waals surface area contributed by atoms with E-state index in [2.05, 4.69) is 5.32 Å². The lowest BCUT2D eigenvalue weighted by Gasteiger charge is -2.19. The zero-order valence-electron chi connectivity index (χ0n) is 12.9. The molecule has 1 aliphatic heterocycles. The topological polar surface area (TPSA) is 64.4 Å². The smallest absolute Gasteiger partial charge is 0.267 e. The van der Waals surface area contributed by atoms with Crippen LogP contribution in [0, 0.1) is 5.82 Å². The van der Waals surface area contributed by atoms with Crippen molar-refractivity contribution in [3.8, 4) is 5.75 Å². The second kappa shape index (κ2) is 6.97. The molecule has 0 aliphatic carbocycles. The summed E-state index contributed by atoms with van der Waals surface area (Å²) in [6, 6.07) is 12.0. The lowest BCUT2D eigenvalue weighted by molar-refractivity contribution is -0.119. The van der Waals surface area contributed by atoms with Gasteiger partial charge in [0.15, 0.2) is 0 Å². The van der Waals surface area contributed by atoms with E-state index in [-0.39, 0.29) is 11.6 Å². The van der Waals surface area contributed by atoms with Gasteiger partial charge in [-0.25, -0.2) is 4.39 Å². The van der Waals surface area contributed by atoms with Crippen molar-refractivity contribution < 1.29 is 18.3 Å². The van der Waals surface area contributed by atoms with Gasteiger partial charge in [-0.15, -0.1) is 0 Å². The van der Waals surface area contributed by atoms with E-state index in [1.807, 2.05) is 0 Å². The summed E-state index contributed by atoms with van der Waals surface area (Å²) in [6.45, 7) is 0. The maximum Gasteiger partial charge on any atom is 0.267 e. The Kier molecular flexibility index (Phi) is 4.76. The van der Waals surface area contributed by atoms with Crippen molar-refractivity contribution in [2.75, 3.05) is 0 Å². The summed E-state index contributed by atoms with van der Waals surface area (Å²) in [5.41, 5.74) is 5.89. The molecule has 0 aromatic heterocycles. The molecular weight excluding hydrogens is 314 g/mol. The quantitative estimate of drug-likeness (QED) is 0.884. The number of para-hydroxylation sites is 1. The van der Waals surface area contributed by atoms with Gasteiger partial charge in [-0.2, -0.15) is 4.39 Å². The minimum Gasteiger partial charge on any atom is -0.456 e. The van der Waals surface area contributed by atoms with E-state index < -0.39 is 24.1 Å². The third-order valence-corrected chi connectivity index (χ3v) is 4.16. The Labute approximate surface area is 138 Å². The number of nitrogens with one attached hydrogen (secondary N) is 1. The number of nitrogens with two attached hydrogens (primary N) is 1.